The molecule has 0 saturated heterocycles. The van der Waals surface area contributed by atoms with Crippen LogP contribution in [0.25, 0.3) is 0 Å². The molecule has 0 aliphatic heterocycles. The smallest absolute Gasteiger partial charge is 0.0767 e. The van der Waals surface area contributed by atoms with Crippen molar-refractivity contribution in [1.82, 2.24) is 15.1 Å². The number of hydrogen-bond donors (Lipinski definition) is 1. The number of halogens is 1. The van der Waals surface area contributed by atoms with Gasteiger partial charge < -0.3 is 0 Å². The molecular weight excluding hydrogens is 278 g/mol. The third kappa shape index (κ3) is 3.58. The molecule has 94 valence electrons. The lowest BCUT2D eigenvalue weighted by Crippen LogP contribution is -2.27. The molecule has 0 aromatic carbocycles. The Balaban J connectivity index is 2.69. The number of hydrogen-bond acceptors (Lipinski definition) is 2. The van der Waals surface area contributed by atoms with Gasteiger partial charge in [0.1, 0.15) is 0 Å². The van der Waals surface area contributed by atoms with Crippen molar-refractivity contribution in [3.8, 4) is 12.3 Å². The fourth-order valence-electron chi connectivity index (χ4n) is 1.76. The van der Waals surface area contributed by atoms with Gasteiger partial charge in [-0.05, 0) is 28.8 Å². The molecular formula is C13H20BrN3. The van der Waals surface area contributed by atoms with Crippen LogP contribution in [0.15, 0.2) is 4.47 Å². The predicted molar refractivity (Wildman–Crippen MR) is 74.7 cm³/mol. The summed E-state index contributed by atoms with van der Waals surface area (Å²) < 4.78 is 3.01. The zero-order valence-corrected chi connectivity index (χ0v) is 12.3. The molecule has 1 unspecified atom stereocenters. The van der Waals surface area contributed by atoms with Gasteiger partial charge in [-0.2, -0.15) is 5.10 Å². The number of aryl methyl sites for hydroxylation is 2. The van der Waals surface area contributed by atoms with Gasteiger partial charge >= 0.3 is 0 Å². The molecule has 1 aromatic heterocycles. The van der Waals surface area contributed by atoms with Gasteiger partial charge in [0, 0.05) is 13.6 Å². The molecule has 17 heavy (non-hydrogen) atoms. The Morgan fingerprint density at radius 3 is 2.71 bits per heavy atom. The Kier molecular flexibility index (Phi) is 5.73. The van der Waals surface area contributed by atoms with Crippen molar-refractivity contribution in [2.24, 2.45) is 7.05 Å². The second-order valence-electron chi connectivity index (χ2n) is 4.07. The zero-order valence-electron chi connectivity index (χ0n) is 10.8. The molecule has 1 rings (SSSR count). The summed E-state index contributed by atoms with van der Waals surface area (Å²) in [5.41, 5.74) is 2.25. The van der Waals surface area contributed by atoms with Gasteiger partial charge in [-0.3, -0.25) is 10.00 Å². The monoisotopic (exact) mass is 297 g/mol. The van der Waals surface area contributed by atoms with Gasteiger partial charge in [0.15, 0.2) is 0 Å². The van der Waals surface area contributed by atoms with E-state index in [0.717, 1.165) is 41.7 Å². The van der Waals surface area contributed by atoms with E-state index in [0.29, 0.717) is 0 Å². The second kappa shape index (κ2) is 6.83. The predicted octanol–water partition coefficient (Wildman–Crippen LogP) is 2.64. The molecule has 4 heteroatoms. The minimum Gasteiger partial charge on any atom is -0.298 e. The third-order valence-corrected chi connectivity index (χ3v) is 3.71. The molecule has 1 atom stereocenters. The Hall–Kier alpha value is -0.790. The Morgan fingerprint density at radius 1 is 1.53 bits per heavy atom. The highest BCUT2D eigenvalue weighted by Crippen LogP contribution is 2.21. The standard InChI is InChI=1S/C13H20BrN3/c1-5-8-10(6-2)15-9-12-13(14)11(7-3)16-17(12)4/h2,10,15H,5,7-9H2,1,3-4H3. The van der Waals surface area contributed by atoms with Gasteiger partial charge in [-0.1, -0.05) is 26.2 Å². The van der Waals surface area contributed by atoms with Crippen LogP contribution in [0.2, 0.25) is 0 Å². The summed E-state index contributed by atoms with van der Waals surface area (Å²) in [5, 5.41) is 7.84. The molecule has 0 aliphatic rings. The zero-order chi connectivity index (χ0) is 12.8. The molecule has 0 aliphatic carbocycles. The molecule has 0 radical (unpaired) electrons. The van der Waals surface area contributed by atoms with Crippen molar-refractivity contribution in [2.45, 2.75) is 45.7 Å². The van der Waals surface area contributed by atoms with Crippen LogP contribution >= 0.6 is 15.9 Å². The fraction of sp³-hybridized carbons (Fsp3) is 0.615. The lowest BCUT2D eigenvalue weighted by Gasteiger charge is -2.12. The maximum absolute atomic E-state index is 5.48. The lowest BCUT2D eigenvalue weighted by atomic mass is 10.2. The highest BCUT2D eigenvalue weighted by Gasteiger charge is 2.13. The molecule has 0 bridgehead atoms. The molecule has 0 fully saturated rings. The summed E-state index contributed by atoms with van der Waals surface area (Å²) >= 11 is 3.60. The Bertz CT molecular complexity index is 404. The van der Waals surface area contributed by atoms with Crippen LogP contribution in [0, 0.1) is 12.3 Å². The van der Waals surface area contributed by atoms with E-state index in [9.17, 15) is 0 Å². The van der Waals surface area contributed by atoms with Crippen LogP contribution < -0.4 is 5.32 Å². The second-order valence-corrected chi connectivity index (χ2v) is 4.87. The van der Waals surface area contributed by atoms with Gasteiger partial charge in [0.2, 0.25) is 0 Å². The van der Waals surface area contributed by atoms with Crippen LogP contribution in [0.4, 0.5) is 0 Å². The van der Waals surface area contributed by atoms with Crippen LogP contribution in [0.1, 0.15) is 38.1 Å². The van der Waals surface area contributed by atoms with Crippen molar-refractivity contribution in [3.05, 3.63) is 15.9 Å². The number of nitrogens with one attached hydrogen (secondary N) is 1. The van der Waals surface area contributed by atoms with Crippen molar-refractivity contribution >= 4 is 15.9 Å². The summed E-state index contributed by atoms with van der Waals surface area (Å²) in [6.45, 7) is 4.99. The van der Waals surface area contributed by atoms with Crippen LogP contribution in [0.3, 0.4) is 0 Å². The Labute approximate surface area is 112 Å². The first-order valence-electron chi connectivity index (χ1n) is 6.03. The number of rotatable bonds is 6. The molecule has 1 heterocycles. The van der Waals surface area contributed by atoms with Gasteiger partial charge in [0.05, 0.1) is 21.9 Å². The third-order valence-electron chi connectivity index (χ3n) is 2.80. The summed E-state index contributed by atoms with van der Waals surface area (Å²) in [7, 11) is 1.96. The van der Waals surface area contributed by atoms with Gasteiger partial charge in [0.25, 0.3) is 0 Å². The maximum Gasteiger partial charge on any atom is 0.0767 e. The van der Waals surface area contributed by atoms with Crippen molar-refractivity contribution in [2.75, 3.05) is 0 Å². The van der Waals surface area contributed by atoms with Crippen molar-refractivity contribution < 1.29 is 0 Å². The molecule has 0 saturated carbocycles. The highest BCUT2D eigenvalue weighted by atomic mass is 79.9. The molecule has 0 spiro atoms. The first-order chi connectivity index (χ1) is 8.13. The van der Waals surface area contributed by atoms with Crippen molar-refractivity contribution in [3.63, 3.8) is 0 Å². The van der Waals surface area contributed by atoms with E-state index in [4.69, 9.17) is 6.42 Å². The number of terminal acetylenes is 1. The van der Waals surface area contributed by atoms with Crippen molar-refractivity contribution in [1.29, 1.82) is 0 Å². The average Bonchev–Trinajstić information content (AvgIpc) is 2.60. The summed E-state index contributed by atoms with van der Waals surface area (Å²) in [4.78, 5) is 0. The quantitative estimate of drug-likeness (QED) is 0.818. The summed E-state index contributed by atoms with van der Waals surface area (Å²) in [6.07, 6.45) is 8.51. The summed E-state index contributed by atoms with van der Waals surface area (Å²) in [6, 6.07) is 0.145. The normalized spacial score (nSPS) is 12.4. The van der Waals surface area contributed by atoms with Crippen LogP contribution in [0.5, 0.6) is 0 Å². The van der Waals surface area contributed by atoms with E-state index in [2.05, 4.69) is 46.1 Å². The van der Waals surface area contributed by atoms with E-state index in [1.807, 2.05) is 11.7 Å². The van der Waals surface area contributed by atoms with E-state index in [1.165, 1.54) is 0 Å². The van der Waals surface area contributed by atoms with E-state index in [1.54, 1.807) is 0 Å². The maximum atomic E-state index is 5.48. The Morgan fingerprint density at radius 2 is 2.24 bits per heavy atom. The van der Waals surface area contributed by atoms with Crippen LogP contribution in [-0.2, 0) is 20.0 Å². The van der Waals surface area contributed by atoms with E-state index >= 15 is 0 Å². The number of nitrogens with zero attached hydrogens (tertiary/aromatic N) is 2. The topological polar surface area (TPSA) is 29.9 Å². The minimum atomic E-state index is 0.145. The highest BCUT2D eigenvalue weighted by molar-refractivity contribution is 9.10. The largest absolute Gasteiger partial charge is 0.298 e. The SMILES string of the molecule is C#CC(CCC)NCc1c(Br)c(CC)nn1C. The molecule has 1 aromatic rings. The van der Waals surface area contributed by atoms with E-state index < -0.39 is 0 Å². The first-order valence-corrected chi connectivity index (χ1v) is 6.83. The lowest BCUT2D eigenvalue weighted by molar-refractivity contribution is 0.541. The summed E-state index contributed by atoms with van der Waals surface area (Å²) in [5.74, 6) is 2.78. The molecule has 0 amide bonds. The fourth-order valence-corrected chi connectivity index (χ4v) is 2.52. The van der Waals surface area contributed by atoms with Crippen LogP contribution in [-0.4, -0.2) is 15.8 Å². The minimum absolute atomic E-state index is 0.145. The molecule has 1 N–H and O–H groups in total. The first kappa shape index (κ1) is 14.3. The van der Waals surface area contributed by atoms with E-state index in [-0.39, 0.29) is 6.04 Å². The van der Waals surface area contributed by atoms with Gasteiger partial charge in [-0.15, -0.1) is 6.42 Å². The molecule has 3 nitrogen and oxygen atoms in total. The number of aromatic nitrogens is 2. The average molecular weight is 298 g/mol. The van der Waals surface area contributed by atoms with Gasteiger partial charge in [-0.25, -0.2) is 0 Å².